The number of carboxylic acid groups (broad SMARTS) is 1. The third-order valence-corrected chi connectivity index (χ3v) is 4.47. The van der Waals surface area contributed by atoms with Gasteiger partial charge in [0.25, 0.3) is 0 Å². The van der Waals surface area contributed by atoms with Crippen molar-refractivity contribution in [2.24, 2.45) is 5.92 Å². The van der Waals surface area contributed by atoms with E-state index in [2.05, 4.69) is 0 Å². The van der Waals surface area contributed by atoms with Crippen LogP contribution in [-0.4, -0.2) is 35.2 Å². The summed E-state index contributed by atoms with van der Waals surface area (Å²) < 4.78 is 31.9. The van der Waals surface area contributed by atoms with Crippen molar-refractivity contribution in [2.75, 3.05) is 13.1 Å². The predicted octanol–water partition coefficient (Wildman–Crippen LogP) is 3.40. The van der Waals surface area contributed by atoms with Gasteiger partial charge in [0, 0.05) is 19.0 Å². The van der Waals surface area contributed by atoms with Crippen LogP contribution in [-0.2, 0) is 16.1 Å². The number of likely N-dealkylation sites (tertiary alicyclic amines) is 1. The van der Waals surface area contributed by atoms with Crippen LogP contribution >= 0.6 is 0 Å². The van der Waals surface area contributed by atoms with Crippen molar-refractivity contribution in [1.29, 1.82) is 0 Å². The Hall–Kier alpha value is -2.96. The van der Waals surface area contributed by atoms with Crippen molar-refractivity contribution in [3.63, 3.8) is 0 Å². The van der Waals surface area contributed by atoms with Crippen LogP contribution in [0.4, 0.5) is 13.6 Å². The molecule has 3 rings (SSSR count). The number of halogens is 2. The van der Waals surface area contributed by atoms with Gasteiger partial charge in [0.15, 0.2) is 11.6 Å². The molecule has 7 heteroatoms. The van der Waals surface area contributed by atoms with Gasteiger partial charge in [-0.25, -0.2) is 13.6 Å². The quantitative estimate of drug-likeness (QED) is 0.906. The molecule has 1 N–H and O–H groups in total. The molecule has 1 aliphatic heterocycles. The lowest BCUT2D eigenvalue weighted by Gasteiger charge is -2.16. The number of benzene rings is 2. The largest absolute Gasteiger partial charge is 0.481 e. The van der Waals surface area contributed by atoms with Crippen molar-refractivity contribution in [1.82, 2.24) is 4.90 Å². The first-order valence-corrected chi connectivity index (χ1v) is 8.09. The Morgan fingerprint density at radius 3 is 2.46 bits per heavy atom. The van der Waals surface area contributed by atoms with E-state index >= 15 is 0 Å². The first kappa shape index (κ1) is 17.8. The lowest BCUT2D eigenvalue weighted by Crippen LogP contribution is -2.30. The number of carbonyl (C=O) groups excluding carboxylic acids is 1. The fourth-order valence-electron chi connectivity index (χ4n) is 3.09. The number of hydrogen-bond acceptors (Lipinski definition) is 3. The monoisotopic (exact) mass is 361 g/mol. The van der Waals surface area contributed by atoms with Gasteiger partial charge in [0.1, 0.15) is 6.61 Å². The summed E-state index contributed by atoms with van der Waals surface area (Å²) in [5.41, 5.74) is 1.15. The Bertz CT molecular complexity index is 812. The third-order valence-electron chi connectivity index (χ3n) is 4.47. The Morgan fingerprint density at radius 1 is 1.08 bits per heavy atom. The van der Waals surface area contributed by atoms with Crippen LogP contribution < -0.4 is 0 Å². The average molecular weight is 361 g/mol. The molecule has 26 heavy (non-hydrogen) atoms. The van der Waals surface area contributed by atoms with E-state index in [-0.39, 0.29) is 19.7 Å². The first-order chi connectivity index (χ1) is 12.5. The van der Waals surface area contributed by atoms with E-state index < -0.39 is 35.5 Å². The van der Waals surface area contributed by atoms with Crippen molar-refractivity contribution < 1.29 is 28.2 Å². The summed E-state index contributed by atoms with van der Waals surface area (Å²) in [6, 6.07) is 12.4. The van der Waals surface area contributed by atoms with Gasteiger partial charge < -0.3 is 14.7 Å². The molecule has 0 aliphatic carbocycles. The van der Waals surface area contributed by atoms with Crippen LogP contribution in [0.2, 0.25) is 0 Å². The first-order valence-electron chi connectivity index (χ1n) is 8.09. The molecular weight excluding hydrogens is 344 g/mol. The van der Waals surface area contributed by atoms with E-state index in [0.717, 1.165) is 17.7 Å². The minimum Gasteiger partial charge on any atom is -0.481 e. The molecule has 0 bridgehead atoms. The summed E-state index contributed by atoms with van der Waals surface area (Å²) in [5, 5.41) is 9.43. The highest BCUT2D eigenvalue weighted by Gasteiger charge is 2.41. The highest BCUT2D eigenvalue weighted by atomic mass is 19.2. The number of carbonyl (C=O) groups is 2. The summed E-state index contributed by atoms with van der Waals surface area (Å²) in [5.74, 6) is -4.69. The molecule has 1 aliphatic rings. The molecule has 0 radical (unpaired) electrons. The number of aliphatic carboxylic acids is 1. The summed E-state index contributed by atoms with van der Waals surface area (Å²) in [6.45, 7) is 0.0893. The zero-order chi connectivity index (χ0) is 18.7. The number of ether oxygens (including phenoxy) is 1. The van der Waals surface area contributed by atoms with Crippen molar-refractivity contribution in [2.45, 2.75) is 12.5 Å². The Labute approximate surface area is 148 Å². The summed E-state index contributed by atoms with van der Waals surface area (Å²) in [4.78, 5) is 25.1. The van der Waals surface area contributed by atoms with Gasteiger partial charge in [-0.3, -0.25) is 4.79 Å². The van der Waals surface area contributed by atoms with E-state index in [4.69, 9.17) is 4.74 Å². The maximum atomic E-state index is 13.5. The molecule has 136 valence electrons. The normalized spacial score (nSPS) is 19.4. The SMILES string of the molecule is O=C(O)[C@@H]1CN(C(=O)OCc2ccccc2)C[C@H]1c1ccc(F)c(F)c1. The average Bonchev–Trinajstić information content (AvgIpc) is 3.09. The number of nitrogens with zero attached hydrogens (tertiary/aromatic N) is 1. The molecule has 1 amide bonds. The second-order valence-electron chi connectivity index (χ2n) is 6.17. The molecule has 0 saturated carbocycles. The highest BCUT2D eigenvalue weighted by Crippen LogP contribution is 2.34. The van der Waals surface area contributed by atoms with Crippen LogP contribution in [0, 0.1) is 17.6 Å². The predicted molar refractivity (Wildman–Crippen MR) is 88.4 cm³/mol. The summed E-state index contributed by atoms with van der Waals surface area (Å²) in [6.07, 6.45) is -0.634. The number of hydrogen-bond donors (Lipinski definition) is 1. The number of amides is 1. The smallest absolute Gasteiger partial charge is 0.410 e. The van der Waals surface area contributed by atoms with Gasteiger partial charge in [0.05, 0.1) is 5.92 Å². The molecule has 1 fully saturated rings. The summed E-state index contributed by atoms with van der Waals surface area (Å²) in [7, 11) is 0. The molecule has 1 saturated heterocycles. The molecule has 1 heterocycles. The maximum absolute atomic E-state index is 13.5. The maximum Gasteiger partial charge on any atom is 0.410 e. The van der Waals surface area contributed by atoms with Crippen molar-refractivity contribution in [3.8, 4) is 0 Å². The Kier molecular flexibility index (Phi) is 5.16. The fraction of sp³-hybridized carbons (Fsp3) is 0.263. The van der Waals surface area contributed by atoms with E-state index in [1.807, 2.05) is 18.2 Å². The topological polar surface area (TPSA) is 66.8 Å². The van der Waals surface area contributed by atoms with Crippen LogP contribution in [0.1, 0.15) is 17.0 Å². The van der Waals surface area contributed by atoms with Crippen molar-refractivity contribution in [3.05, 3.63) is 71.3 Å². The second-order valence-corrected chi connectivity index (χ2v) is 6.17. The molecule has 0 spiro atoms. The highest BCUT2D eigenvalue weighted by molar-refractivity contribution is 5.75. The molecular formula is C19H17F2NO4. The zero-order valence-electron chi connectivity index (χ0n) is 13.8. The van der Waals surface area contributed by atoms with E-state index in [1.165, 1.54) is 11.0 Å². The third kappa shape index (κ3) is 3.82. The van der Waals surface area contributed by atoms with Crippen LogP contribution in [0.3, 0.4) is 0 Å². The van der Waals surface area contributed by atoms with E-state index in [9.17, 15) is 23.5 Å². The minimum absolute atomic E-state index is 0.0490. The van der Waals surface area contributed by atoms with Gasteiger partial charge in [-0.15, -0.1) is 0 Å². The second kappa shape index (κ2) is 7.51. The standard InChI is InChI=1S/C19H17F2NO4/c20-16-7-6-13(8-17(16)21)14-9-22(10-15(14)18(23)24)19(25)26-11-12-4-2-1-3-5-12/h1-8,14-15H,9-11H2,(H,23,24)/t14-,15+/m0/s1. The minimum atomic E-state index is -1.10. The van der Waals surface area contributed by atoms with Gasteiger partial charge >= 0.3 is 12.1 Å². The molecule has 2 aromatic rings. The van der Waals surface area contributed by atoms with E-state index in [1.54, 1.807) is 12.1 Å². The van der Waals surface area contributed by atoms with E-state index in [0.29, 0.717) is 5.56 Å². The zero-order valence-corrected chi connectivity index (χ0v) is 13.8. The molecule has 2 aromatic carbocycles. The molecule has 2 atom stereocenters. The Balaban J connectivity index is 1.71. The molecule has 5 nitrogen and oxygen atoms in total. The van der Waals surface area contributed by atoms with Gasteiger partial charge in [0.2, 0.25) is 0 Å². The Morgan fingerprint density at radius 2 is 1.81 bits per heavy atom. The molecule has 0 unspecified atom stereocenters. The summed E-state index contributed by atoms with van der Waals surface area (Å²) >= 11 is 0. The van der Waals surface area contributed by atoms with Crippen LogP contribution in [0.25, 0.3) is 0 Å². The van der Waals surface area contributed by atoms with Crippen molar-refractivity contribution >= 4 is 12.1 Å². The fourth-order valence-corrected chi connectivity index (χ4v) is 3.09. The van der Waals surface area contributed by atoms with Gasteiger partial charge in [-0.1, -0.05) is 36.4 Å². The lowest BCUT2D eigenvalue weighted by atomic mass is 9.89. The van der Waals surface area contributed by atoms with Gasteiger partial charge in [-0.05, 0) is 23.3 Å². The molecule has 0 aromatic heterocycles. The van der Waals surface area contributed by atoms with Crippen LogP contribution in [0.15, 0.2) is 48.5 Å². The van der Waals surface area contributed by atoms with Gasteiger partial charge in [-0.2, -0.15) is 0 Å². The number of rotatable bonds is 4. The van der Waals surface area contributed by atoms with Crippen LogP contribution in [0.5, 0.6) is 0 Å². The number of carboxylic acids is 1. The lowest BCUT2D eigenvalue weighted by molar-refractivity contribution is -0.141.